The van der Waals surface area contributed by atoms with E-state index in [1.54, 1.807) is 36.4 Å². The Labute approximate surface area is 170 Å². The van der Waals surface area contributed by atoms with Crippen LogP contribution in [0.15, 0.2) is 77.0 Å². The molecular formula is C24H24N2O3. The zero-order valence-electron chi connectivity index (χ0n) is 16.7. The molecule has 0 aliphatic heterocycles. The van der Waals surface area contributed by atoms with E-state index in [-0.39, 0.29) is 23.6 Å². The van der Waals surface area contributed by atoms with Gasteiger partial charge in [0.25, 0.3) is 11.8 Å². The number of hydrogen-bond acceptors (Lipinski definition) is 3. The van der Waals surface area contributed by atoms with Crippen LogP contribution < -0.4 is 10.6 Å². The maximum absolute atomic E-state index is 13.0. The second kappa shape index (κ2) is 9.06. The van der Waals surface area contributed by atoms with Crippen LogP contribution in [0.3, 0.4) is 0 Å². The first-order valence-corrected chi connectivity index (χ1v) is 9.43. The summed E-state index contributed by atoms with van der Waals surface area (Å²) in [7, 11) is 0. The van der Waals surface area contributed by atoms with Crippen molar-refractivity contribution in [2.75, 3.05) is 0 Å². The standard InChI is InChI=1S/C24H24N2O3/c1-16-11-12-17(2)21(14-16)18(3)25-24(28)22(15-20-10-7-13-29-20)26-23(27)19-8-5-4-6-9-19/h4-15,18H,1-3H3,(H,25,28)(H,26,27)/b22-15-. The molecule has 29 heavy (non-hydrogen) atoms. The highest BCUT2D eigenvalue weighted by Crippen LogP contribution is 2.19. The number of hydrogen-bond donors (Lipinski definition) is 2. The van der Waals surface area contributed by atoms with Crippen molar-refractivity contribution in [2.45, 2.75) is 26.8 Å². The highest BCUT2D eigenvalue weighted by molar-refractivity contribution is 6.05. The number of benzene rings is 2. The van der Waals surface area contributed by atoms with E-state index >= 15 is 0 Å². The van der Waals surface area contributed by atoms with E-state index < -0.39 is 0 Å². The first-order chi connectivity index (χ1) is 13.9. The van der Waals surface area contributed by atoms with E-state index in [1.807, 2.05) is 39.0 Å². The molecule has 0 saturated carbocycles. The smallest absolute Gasteiger partial charge is 0.268 e. The Balaban J connectivity index is 1.83. The molecule has 0 aliphatic carbocycles. The van der Waals surface area contributed by atoms with Gasteiger partial charge < -0.3 is 15.1 Å². The third-order valence-corrected chi connectivity index (χ3v) is 4.61. The number of carbonyl (C=O) groups is 2. The highest BCUT2D eigenvalue weighted by atomic mass is 16.3. The fraction of sp³-hybridized carbons (Fsp3) is 0.167. The summed E-state index contributed by atoms with van der Waals surface area (Å²) in [5.74, 6) is -0.278. The number of amides is 2. The Morgan fingerprint density at radius 1 is 1.00 bits per heavy atom. The SMILES string of the molecule is Cc1ccc(C)c(C(C)NC(=O)/C(=C/c2ccco2)NC(=O)c2ccccc2)c1. The van der Waals surface area contributed by atoms with Gasteiger partial charge >= 0.3 is 0 Å². The van der Waals surface area contributed by atoms with Crippen molar-refractivity contribution in [3.8, 4) is 0 Å². The molecule has 1 unspecified atom stereocenters. The molecule has 0 radical (unpaired) electrons. The number of furan rings is 1. The molecule has 1 atom stereocenters. The summed E-state index contributed by atoms with van der Waals surface area (Å²) in [5, 5.41) is 5.67. The zero-order chi connectivity index (χ0) is 20.8. The highest BCUT2D eigenvalue weighted by Gasteiger charge is 2.18. The van der Waals surface area contributed by atoms with Gasteiger partial charge in [-0.1, -0.05) is 42.0 Å². The second-order valence-corrected chi connectivity index (χ2v) is 6.95. The Hall–Kier alpha value is -3.60. The molecule has 0 fully saturated rings. The molecule has 0 aliphatic rings. The Kier molecular flexibility index (Phi) is 6.29. The molecule has 148 valence electrons. The Morgan fingerprint density at radius 2 is 1.76 bits per heavy atom. The molecule has 2 N–H and O–H groups in total. The van der Waals surface area contributed by atoms with Gasteiger partial charge in [0.2, 0.25) is 0 Å². The minimum absolute atomic E-state index is 0.117. The predicted molar refractivity (Wildman–Crippen MR) is 113 cm³/mol. The molecule has 0 saturated heterocycles. The van der Waals surface area contributed by atoms with E-state index in [4.69, 9.17) is 4.42 Å². The van der Waals surface area contributed by atoms with Gasteiger partial charge in [-0.25, -0.2) is 0 Å². The quantitative estimate of drug-likeness (QED) is 0.609. The average Bonchev–Trinajstić information content (AvgIpc) is 3.23. The summed E-state index contributed by atoms with van der Waals surface area (Å²) >= 11 is 0. The average molecular weight is 388 g/mol. The van der Waals surface area contributed by atoms with Crippen molar-refractivity contribution < 1.29 is 14.0 Å². The topological polar surface area (TPSA) is 71.3 Å². The van der Waals surface area contributed by atoms with Crippen molar-refractivity contribution in [3.05, 3.63) is 101 Å². The molecule has 1 aromatic heterocycles. The lowest BCUT2D eigenvalue weighted by Gasteiger charge is -2.19. The van der Waals surface area contributed by atoms with Crippen LogP contribution in [0, 0.1) is 13.8 Å². The molecule has 2 amide bonds. The van der Waals surface area contributed by atoms with Gasteiger partial charge in [0.15, 0.2) is 0 Å². The van der Waals surface area contributed by atoms with Crippen LogP contribution in [0.4, 0.5) is 0 Å². The number of rotatable bonds is 6. The van der Waals surface area contributed by atoms with Gasteiger partial charge in [-0.15, -0.1) is 0 Å². The van der Waals surface area contributed by atoms with Crippen LogP contribution in [0.2, 0.25) is 0 Å². The summed E-state index contributed by atoms with van der Waals surface area (Å²) < 4.78 is 5.32. The molecule has 2 aromatic carbocycles. The first-order valence-electron chi connectivity index (χ1n) is 9.43. The summed E-state index contributed by atoms with van der Waals surface area (Å²) in [6.45, 7) is 5.94. The molecule has 5 nitrogen and oxygen atoms in total. The van der Waals surface area contributed by atoms with Gasteiger partial charge in [-0.3, -0.25) is 9.59 Å². The summed E-state index contributed by atoms with van der Waals surface area (Å²) in [4.78, 5) is 25.6. The summed E-state index contributed by atoms with van der Waals surface area (Å²) in [5.41, 5.74) is 3.83. The van der Waals surface area contributed by atoms with Gasteiger partial charge in [0.1, 0.15) is 11.5 Å². The first kappa shape index (κ1) is 20.1. The monoisotopic (exact) mass is 388 g/mol. The number of carbonyl (C=O) groups excluding carboxylic acids is 2. The van der Waals surface area contributed by atoms with E-state index in [2.05, 4.69) is 16.7 Å². The normalized spacial score (nSPS) is 12.3. The van der Waals surface area contributed by atoms with Crippen LogP contribution in [0.1, 0.15) is 45.8 Å². The van der Waals surface area contributed by atoms with Crippen LogP contribution in [0.25, 0.3) is 6.08 Å². The zero-order valence-corrected chi connectivity index (χ0v) is 16.7. The maximum atomic E-state index is 13.0. The minimum atomic E-state index is -0.390. The molecule has 0 spiro atoms. The second-order valence-electron chi connectivity index (χ2n) is 6.95. The molecule has 3 aromatic rings. The van der Waals surface area contributed by atoms with Gasteiger partial charge in [-0.2, -0.15) is 0 Å². The van der Waals surface area contributed by atoms with Gasteiger partial charge in [0, 0.05) is 11.6 Å². The van der Waals surface area contributed by atoms with E-state index in [1.165, 1.54) is 12.3 Å². The number of aryl methyl sites for hydroxylation is 2. The van der Waals surface area contributed by atoms with Crippen molar-refractivity contribution in [2.24, 2.45) is 0 Å². The minimum Gasteiger partial charge on any atom is -0.465 e. The van der Waals surface area contributed by atoms with Crippen molar-refractivity contribution in [3.63, 3.8) is 0 Å². The lowest BCUT2D eigenvalue weighted by atomic mass is 10.00. The van der Waals surface area contributed by atoms with E-state index in [9.17, 15) is 9.59 Å². The Morgan fingerprint density at radius 3 is 2.45 bits per heavy atom. The summed E-state index contributed by atoms with van der Waals surface area (Å²) in [6.07, 6.45) is 3.03. The van der Waals surface area contributed by atoms with Crippen molar-refractivity contribution in [1.82, 2.24) is 10.6 Å². The molecule has 1 heterocycles. The van der Waals surface area contributed by atoms with Gasteiger partial charge in [0.05, 0.1) is 12.3 Å². The van der Waals surface area contributed by atoms with Crippen LogP contribution in [0.5, 0.6) is 0 Å². The Bertz CT molecular complexity index is 1020. The van der Waals surface area contributed by atoms with E-state index in [0.29, 0.717) is 11.3 Å². The molecular weight excluding hydrogens is 364 g/mol. The fourth-order valence-electron chi connectivity index (χ4n) is 3.04. The molecule has 5 heteroatoms. The lowest BCUT2D eigenvalue weighted by Crippen LogP contribution is -2.36. The predicted octanol–water partition coefficient (Wildman–Crippen LogP) is 4.54. The lowest BCUT2D eigenvalue weighted by molar-refractivity contribution is -0.118. The number of nitrogens with one attached hydrogen (secondary N) is 2. The molecule has 3 rings (SSSR count). The maximum Gasteiger partial charge on any atom is 0.268 e. The van der Waals surface area contributed by atoms with Crippen molar-refractivity contribution in [1.29, 1.82) is 0 Å². The fourth-order valence-corrected chi connectivity index (χ4v) is 3.04. The van der Waals surface area contributed by atoms with Crippen molar-refractivity contribution >= 4 is 17.9 Å². The van der Waals surface area contributed by atoms with Crippen LogP contribution in [-0.4, -0.2) is 11.8 Å². The summed E-state index contributed by atoms with van der Waals surface area (Å²) in [6, 6.07) is 18.1. The van der Waals surface area contributed by atoms with E-state index in [0.717, 1.165) is 16.7 Å². The third-order valence-electron chi connectivity index (χ3n) is 4.61. The van der Waals surface area contributed by atoms with Crippen LogP contribution in [-0.2, 0) is 4.79 Å². The largest absolute Gasteiger partial charge is 0.465 e. The molecule has 0 bridgehead atoms. The van der Waals surface area contributed by atoms with Crippen LogP contribution >= 0.6 is 0 Å². The van der Waals surface area contributed by atoms with Gasteiger partial charge in [-0.05, 0) is 56.2 Å². The third kappa shape index (κ3) is 5.23.